The van der Waals surface area contributed by atoms with Crippen molar-refractivity contribution in [3.05, 3.63) is 23.5 Å². The van der Waals surface area contributed by atoms with Crippen molar-refractivity contribution in [3.63, 3.8) is 0 Å². The van der Waals surface area contributed by atoms with Crippen molar-refractivity contribution in [2.24, 2.45) is 5.41 Å². The third kappa shape index (κ3) is 4.77. The van der Waals surface area contributed by atoms with Crippen LogP contribution in [0, 0.1) is 5.41 Å². The van der Waals surface area contributed by atoms with E-state index in [2.05, 4.69) is 4.98 Å². The Kier molecular flexibility index (Phi) is 5.12. The highest BCUT2D eigenvalue weighted by Crippen LogP contribution is 2.34. The monoisotopic (exact) mass is 339 g/mol. The van der Waals surface area contributed by atoms with Crippen LogP contribution in [0.4, 0.5) is 0 Å². The van der Waals surface area contributed by atoms with E-state index in [1.54, 1.807) is 6.07 Å². The van der Waals surface area contributed by atoms with Crippen LogP contribution in [0.25, 0.3) is 0 Å². The van der Waals surface area contributed by atoms with Crippen LogP contribution < -0.4 is 4.74 Å². The van der Waals surface area contributed by atoms with E-state index in [0.717, 1.165) is 0 Å². The quantitative estimate of drug-likeness (QED) is 0.771. The van der Waals surface area contributed by atoms with E-state index in [0.29, 0.717) is 36.8 Å². The summed E-state index contributed by atoms with van der Waals surface area (Å²) in [7, 11) is 1.81. The number of pyridine rings is 1. The molecule has 20 heavy (non-hydrogen) atoms. The molecule has 0 radical (unpaired) electrons. The first-order valence-electron chi connectivity index (χ1n) is 6.12. The molecule has 0 spiro atoms. The standard InChI is InChI=1S/C12H15Cl2NO4S/c13-10-5-11(7-15-6-10)19-8-12(9-20(14,16)17)1-3-18-4-2-12/h5-7H,1-4,8-9H2. The Morgan fingerprint density at radius 1 is 1.35 bits per heavy atom. The third-order valence-corrected chi connectivity index (χ3v) is 4.75. The van der Waals surface area contributed by atoms with Crippen molar-refractivity contribution < 1.29 is 17.9 Å². The fourth-order valence-electron chi connectivity index (χ4n) is 2.21. The first-order chi connectivity index (χ1) is 9.39. The highest BCUT2D eigenvalue weighted by atomic mass is 35.7. The number of aromatic nitrogens is 1. The molecule has 1 saturated heterocycles. The third-order valence-electron chi connectivity index (χ3n) is 3.26. The summed E-state index contributed by atoms with van der Waals surface area (Å²) >= 11 is 5.83. The van der Waals surface area contributed by atoms with Gasteiger partial charge in [-0.1, -0.05) is 11.6 Å². The van der Waals surface area contributed by atoms with Crippen molar-refractivity contribution in [2.75, 3.05) is 25.6 Å². The predicted molar refractivity (Wildman–Crippen MR) is 76.9 cm³/mol. The Balaban J connectivity index is 2.08. The molecule has 0 aromatic carbocycles. The summed E-state index contributed by atoms with van der Waals surface area (Å²) in [6.45, 7) is 1.25. The number of ether oxygens (including phenoxy) is 2. The molecular formula is C12H15Cl2NO4S. The minimum absolute atomic E-state index is 0.126. The van der Waals surface area contributed by atoms with Crippen LogP contribution in [0.2, 0.25) is 5.02 Å². The molecule has 1 aromatic heterocycles. The van der Waals surface area contributed by atoms with E-state index in [9.17, 15) is 8.42 Å². The van der Waals surface area contributed by atoms with E-state index >= 15 is 0 Å². The maximum Gasteiger partial charge on any atom is 0.233 e. The summed E-state index contributed by atoms with van der Waals surface area (Å²) in [5.74, 6) is 0.383. The van der Waals surface area contributed by atoms with Crippen LogP contribution in [0.1, 0.15) is 12.8 Å². The van der Waals surface area contributed by atoms with Crippen LogP contribution in [0.15, 0.2) is 18.5 Å². The van der Waals surface area contributed by atoms with Crippen LogP contribution in [0.5, 0.6) is 5.75 Å². The molecule has 5 nitrogen and oxygen atoms in total. The van der Waals surface area contributed by atoms with Gasteiger partial charge in [0.15, 0.2) is 0 Å². The van der Waals surface area contributed by atoms with Gasteiger partial charge < -0.3 is 9.47 Å². The lowest BCUT2D eigenvalue weighted by Gasteiger charge is -2.35. The van der Waals surface area contributed by atoms with E-state index in [-0.39, 0.29) is 12.4 Å². The minimum atomic E-state index is -3.60. The van der Waals surface area contributed by atoms with Crippen molar-refractivity contribution in [1.29, 1.82) is 0 Å². The summed E-state index contributed by atoms with van der Waals surface area (Å²) in [6.07, 6.45) is 4.22. The maximum atomic E-state index is 11.4. The molecule has 8 heteroatoms. The zero-order valence-corrected chi connectivity index (χ0v) is 13.0. The first-order valence-corrected chi connectivity index (χ1v) is 8.98. The van der Waals surface area contributed by atoms with Gasteiger partial charge in [-0.2, -0.15) is 0 Å². The van der Waals surface area contributed by atoms with Gasteiger partial charge in [0.2, 0.25) is 9.05 Å². The Labute approximate surface area is 127 Å². The SMILES string of the molecule is O=S(=O)(Cl)CC1(COc2cncc(Cl)c2)CCOCC1. The molecule has 1 aromatic rings. The molecule has 0 atom stereocenters. The molecule has 112 valence electrons. The molecule has 2 heterocycles. The predicted octanol–water partition coefficient (Wildman–Crippen LogP) is 2.48. The fourth-order valence-corrected chi connectivity index (χ4v) is 4.17. The lowest BCUT2D eigenvalue weighted by atomic mass is 9.83. The molecule has 0 amide bonds. The summed E-state index contributed by atoms with van der Waals surface area (Å²) < 4.78 is 33.7. The Morgan fingerprint density at radius 3 is 2.65 bits per heavy atom. The molecule has 2 rings (SSSR count). The number of nitrogens with zero attached hydrogens (tertiary/aromatic N) is 1. The van der Waals surface area contributed by atoms with E-state index in [4.69, 9.17) is 31.8 Å². The smallest absolute Gasteiger partial charge is 0.233 e. The topological polar surface area (TPSA) is 65.5 Å². The average molecular weight is 340 g/mol. The van der Waals surface area contributed by atoms with Crippen LogP contribution >= 0.6 is 22.3 Å². The Bertz CT molecular complexity index is 558. The van der Waals surface area contributed by atoms with Gasteiger partial charge in [0.25, 0.3) is 0 Å². The normalized spacial score (nSPS) is 18.7. The molecule has 0 unspecified atom stereocenters. The second kappa shape index (κ2) is 6.47. The molecular weight excluding hydrogens is 325 g/mol. The van der Waals surface area contributed by atoms with Gasteiger partial charge in [0.05, 0.1) is 23.6 Å². The lowest BCUT2D eigenvalue weighted by Crippen LogP contribution is -2.40. The van der Waals surface area contributed by atoms with Gasteiger partial charge in [0.1, 0.15) is 5.75 Å². The van der Waals surface area contributed by atoms with E-state index in [1.165, 1.54) is 12.4 Å². The lowest BCUT2D eigenvalue weighted by molar-refractivity contribution is 0.00222. The van der Waals surface area contributed by atoms with Crippen molar-refractivity contribution in [2.45, 2.75) is 12.8 Å². The van der Waals surface area contributed by atoms with Crippen LogP contribution in [0.3, 0.4) is 0 Å². The summed E-state index contributed by atoms with van der Waals surface area (Å²) in [5.41, 5.74) is -0.527. The second-order valence-corrected chi connectivity index (χ2v) is 8.14. The number of hydrogen-bond acceptors (Lipinski definition) is 5. The van der Waals surface area contributed by atoms with E-state index in [1.807, 2.05) is 0 Å². The largest absolute Gasteiger partial charge is 0.491 e. The van der Waals surface area contributed by atoms with Gasteiger partial charge >= 0.3 is 0 Å². The molecule has 1 aliphatic heterocycles. The second-order valence-electron chi connectivity index (χ2n) is 4.92. The zero-order chi connectivity index (χ0) is 14.6. The molecule has 0 saturated carbocycles. The van der Waals surface area contributed by atoms with E-state index < -0.39 is 14.5 Å². The highest BCUT2D eigenvalue weighted by Gasteiger charge is 2.37. The van der Waals surface area contributed by atoms with Gasteiger partial charge in [-0.3, -0.25) is 4.98 Å². The van der Waals surface area contributed by atoms with Gasteiger partial charge in [0, 0.05) is 41.6 Å². The van der Waals surface area contributed by atoms with Gasteiger partial charge in [-0.25, -0.2) is 8.42 Å². The summed E-state index contributed by atoms with van der Waals surface area (Å²) in [6, 6.07) is 1.64. The molecule has 0 bridgehead atoms. The molecule has 0 aliphatic carbocycles. The maximum absolute atomic E-state index is 11.4. The van der Waals surface area contributed by atoms with Gasteiger partial charge in [-0.05, 0) is 12.8 Å². The average Bonchev–Trinajstić information content (AvgIpc) is 2.36. The molecule has 1 fully saturated rings. The fraction of sp³-hybridized carbons (Fsp3) is 0.583. The highest BCUT2D eigenvalue weighted by molar-refractivity contribution is 8.13. The van der Waals surface area contributed by atoms with Crippen molar-refractivity contribution in [1.82, 2.24) is 4.98 Å². The number of hydrogen-bond donors (Lipinski definition) is 0. The molecule has 1 aliphatic rings. The zero-order valence-electron chi connectivity index (χ0n) is 10.7. The summed E-state index contributed by atoms with van der Waals surface area (Å²) in [4.78, 5) is 3.92. The minimum Gasteiger partial charge on any atom is -0.491 e. The Morgan fingerprint density at radius 2 is 2.05 bits per heavy atom. The summed E-state index contributed by atoms with van der Waals surface area (Å²) in [5, 5.41) is 0.466. The van der Waals surface area contributed by atoms with Crippen LogP contribution in [-0.4, -0.2) is 39.0 Å². The van der Waals surface area contributed by atoms with Gasteiger partial charge in [-0.15, -0.1) is 0 Å². The molecule has 0 N–H and O–H groups in total. The van der Waals surface area contributed by atoms with Crippen molar-refractivity contribution in [3.8, 4) is 5.75 Å². The number of halogens is 2. The Hall–Kier alpha value is -0.560. The number of rotatable bonds is 5. The first kappa shape index (κ1) is 15.8. The van der Waals surface area contributed by atoms with Crippen LogP contribution in [-0.2, 0) is 13.8 Å². The van der Waals surface area contributed by atoms with Crippen molar-refractivity contribution >= 4 is 31.3 Å².